The largest absolute Gasteiger partial charge is 0.320 e. The van der Waals surface area contributed by atoms with Gasteiger partial charge in [0.25, 0.3) is 6.18 Å². The minimum absolute atomic E-state index is 0. The van der Waals surface area contributed by atoms with E-state index in [0.29, 0.717) is 0 Å². The van der Waals surface area contributed by atoms with E-state index in [0.717, 1.165) is 0 Å². The standard InChI is InChI=1S/C3F5.HI.Zn/c4-2(5)1-3(6,7)8;;/h;1H;/q-1;;. The fourth-order valence-electron chi connectivity index (χ4n) is 0.107. The molecule has 0 amide bonds. The molecule has 10 heavy (non-hydrogen) atoms. The minimum atomic E-state index is -5.02. The summed E-state index contributed by atoms with van der Waals surface area (Å²) in [5.74, 6) is 0. The molecular weight excluding hydrogens is 323 g/mol. The van der Waals surface area contributed by atoms with Crippen LogP contribution in [-0.2, 0) is 19.5 Å². The number of allylic oxidation sites excluding steroid dienone is 1. The number of hydrogen-bond donors (Lipinski definition) is 0. The molecule has 0 atom stereocenters. The maximum absolute atomic E-state index is 10.7. The molecule has 0 heterocycles. The molecule has 0 rings (SSSR count). The Bertz CT molecular complexity index is 104. The van der Waals surface area contributed by atoms with Gasteiger partial charge in [-0.1, -0.05) is 0 Å². The molecule has 0 N–H and O–H groups in total. The van der Waals surface area contributed by atoms with E-state index in [9.17, 15) is 22.0 Å². The summed E-state index contributed by atoms with van der Waals surface area (Å²) in [5.41, 5.74) is 0. The Morgan fingerprint density at radius 1 is 1.10 bits per heavy atom. The first-order valence-electron chi connectivity index (χ1n) is 1.44. The molecule has 0 spiro atoms. The number of alkyl halides is 3. The fraction of sp³-hybridized carbons (Fsp3) is 0.333. The van der Waals surface area contributed by atoms with Crippen molar-refractivity contribution in [3.05, 3.63) is 12.2 Å². The average molecular weight is 324 g/mol. The predicted octanol–water partition coefficient (Wildman–Crippen LogP) is 2.75. The van der Waals surface area contributed by atoms with Gasteiger partial charge in [0.15, 0.2) is 0 Å². The van der Waals surface area contributed by atoms with Gasteiger partial charge in [0.05, 0.1) is 6.08 Å². The van der Waals surface area contributed by atoms with Crippen molar-refractivity contribution < 1.29 is 41.4 Å². The Hall–Kier alpha value is 0.743. The van der Waals surface area contributed by atoms with Crippen LogP contribution in [0.4, 0.5) is 22.0 Å². The van der Waals surface area contributed by atoms with E-state index in [1.165, 1.54) is 0 Å². The van der Waals surface area contributed by atoms with Gasteiger partial charge >= 0.3 is 0 Å². The second-order valence-electron chi connectivity index (χ2n) is 0.883. The molecular formula is C3HF5IZn-. The summed E-state index contributed by atoms with van der Waals surface area (Å²) in [4.78, 5) is 0. The topological polar surface area (TPSA) is 0 Å². The van der Waals surface area contributed by atoms with Gasteiger partial charge in [0.2, 0.25) is 0 Å². The van der Waals surface area contributed by atoms with Crippen LogP contribution in [0.5, 0.6) is 0 Å². The van der Waals surface area contributed by atoms with Crippen LogP contribution in [0.25, 0.3) is 0 Å². The first-order valence-corrected chi connectivity index (χ1v) is 1.44. The van der Waals surface area contributed by atoms with Crippen LogP contribution in [0.1, 0.15) is 0 Å². The van der Waals surface area contributed by atoms with Gasteiger partial charge < -0.3 is 6.08 Å². The van der Waals surface area contributed by atoms with Gasteiger partial charge in [-0.15, -0.1) is 24.0 Å². The summed E-state index contributed by atoms with van der Waals surface area (Å²) >= 11 is 0. The summed E-state index contributed by atoms with van der Waals surface area (Å²) in [6.07, 6.45) is -7.90. The van der Waals surface area contributed by atoms with Crippen LogP contribution < -0.4 is 0 Å². The van der Waals surface area contributed by atoms with Crippen molar-refractivity contribution in [3.63, 3.8) is 0 Å². The zero-order valence-corrected chi connectivity index (χ0v) is 9.80. The third kappa shape index (κ3) is 15.9. The molecule has 0 aromatic heterocycles. The second-order valence-corrected chi connectivity index (χ2v) is 0.883. The van der Waals surface area contributed by atoms with Crippen molar-refractivity contribution in [1.29, 1.82) is 0 Å². The summed E-state index contributed by atoms with van der Waals surface area (Å²) in [6.45, 7) is 0. The van der Waals surface area contributed by atoms with Crippen LogP contribution in [-0.4, -0.2) is 6.18 Å². The van der Waals surface area contributed by atoms with Gasteiger partial charge in [0.1, 0.15) is 0 Å². The smallest absolute Gasteiger partial charge is 0.270 e. The Kier molecular flexibility index (Phi) is 11.0. The number of hydrogen-bond acceptors (Lipinski definition) is 0. The summed E-state index contributed by atoms with van der Waals surface area (Å²) in [7, 11) is 0. The molecule has 0 radical (unpaired) electrons. The van der Waals surface area contributed by atoms with Crippen molar-refractivity contribution in [2.45, 2.75) is 6.18 Å². The molecule has 0 aromatic rings. The third-order valence-corrected chi connectivity index (χ3v) is 0.236. The quantitative estimate of drug-likeness (QED) is 0.278. The molecule has 7 heteroatoms. The first kappa shape index (κ1) is 17.0. The van der Waals surface area contributed by atoms with Gasteiger partial charge in [-0.05, 0) is 0 Å². The summed E-state index contributed by atoms with van der Waals surface area (Å²) < 4.78 is 53.3. The molecule has 0 nitrogen and oxygen atoms in total. The second kappa shape index (κ2) is 6.45. The molecule has 0 aliphatic heterocycles. The fourth-order valence-corrected chi connectivity index (χ4v) is 0.107. The van der Waals surface area contributed by atoms with Gasteiger partial charge in [-0.25, -0.2) is 22.0 Å². The maximum Gasteiger partial charge on any atom is 0.270 e. The normalized spacial score (nSPS) is 8.90. The van der Waals surface area contributed by atoms with E-state index >= 15 is 0 Å². The predicted molar refractivity (Wildman–Crippen MR) is 30.4 cm³/mol. The molecule has 0 aromatic carbocycles. The molecule has 0 saturated heterocycles. The van der Waals surface area contributed by atoms with Crippen LogP contribution >= 0.6 is 24.0 Å². The van der Waals surface area contributed by atoms with Crippen molar-refractivity contribution in [3.8, 4) is 0 Å². The van der Waals surface area contributed by atoms with Gasteiger partial charge in [-0.3, -0.25) is 0 Å². The Labute approximate surface area is 83.6 Å². The monoisotopic (exact) mass is 323 g/mol. The molecule has 0 unspecified atom stereocenters. The van der Waals surface area contributed by atoms with Crippen molar-refractivity contribution in [1.82, 2.24) is 0 Å². The van der Waals surface area contributed by atoms with Crippen molar-refractivity contribution in [2.24, 2.45) is 0 Å². The van der Waals surface area contributed by atoms with E-state index in [1.807, 2.05) is 0 Å². The van der Waals surface area contributed by atoms with E-state index in [2.05, 4.69) is 0 Å². The Morgan fingerprint density at radius 3 is 1.40 bits per heavy atom. The minimum Gasteiger partial charge on any atom is -0.320 e. The van der Waals surface area contributed by atoms with Crippen LogP contribution in [0.15, 0.2) is 6.08 Å². The summed E-state index contributed by atoms with van der Waals surface area (Å²) in [6, 6.07) is 0. The van der Waals surface area contributed by atoms with Crippen LogP contribution in [0.3, 0.4) is 0 Å². The molecule has 0 fully saturated rings. The van der Waals surface area contributed by atoms with Crippen molar-refractivity contribution >= 4 is 24.0 Å². The van der Waals surface area contributed by atoms with E-state index in [4.69, 9.17) is 0 Å². The van der Waals surface area contributed by atoms with E-state index in [-0.39, 0.29) is 49.5 Å². The molecule has 0 aliphatic rings. The molecule has 0 aliphatic carbocycles. The zero-order chi connectivity index (χ0) is 6.78. The summed E-state index contributed by atoms with van der Waals surface area (Å²) in [5, 5.41) is 0. The van der Waals surface area contributed by atoms with Crippen LogP contribution in [0, 0.1) is 6.08 Å². The van der Waals surface area contributed by atoms with Gasteiger partial charge in [-0.2, -0.15) is 0 Å². The third-order valence-electron chi connectivity index (χ3n) is 0.236. The maximum atomic E-state index is 10.7. The zero-order valence-electron chi connectivity index (χ0n) is 4.51. The number of halogens is 6. The van der Waals surface area contributed by atoms with E-state index in [1.54, 1.807) is 0 Å². The Balaban J connectivity index is -0.000000245. The number of rotatable bonds is 0. The van der Waals surface area contributed by atoms with Gasteiger partial charge in [0, 0.05) is 19.5 Å². The SMILES string of the molecule is FC(F)=[C-]C(F)(F)F.I.[Zn]. The molecule has 0 bridgehead atoms. The van der Waals surface area contributed by atoms with Crippen LogP contribution in [0.2, 0.25) is 0 Å². The molecule has 0 saturated carbocycles. The first-order chi connectivity index (χ1) is 3.42. The average Bonchev–Trinajstić information content (AvgIpc) is 1.21. The molecule has 58 valence electrons. The van der Waals surface area contributed by atoms with E-state index < -0.39 is 12.3 Å². The Morgan fingerprint density at radius 2 is 1.40 bits per heavy atom. The van der Waals surface area contributed by atoms with Crippen molar-refractivity contribution in [2.75, 3.05) is 0 Å².